The molecule has 0 saturated heterocycles. The summed E-state index contributed by atoms with van der Waals surface area (Å²) in [6, 6.07) is 0. The van der Waals surface area contributed by atoms with Crippen molar-refractivity contribution < 1.29 is 4.79 Å². The van der Waals surface area contributed by atoms with E-state index >= 15 is 0 Å². The molecule has 0 heterocycles. The third-order valence-corrected chi connectivity index (χ3v) is 3.67. The van der Waals surface area contributed by atoms with Gasteiger partial charge in [0.05, 0.1) is 0 Å². The molecule has 1 heteroatoms. The Hall–Kier alpha value is -0.330. The summed E-state index contributed by atoms with van der Waals surface area (Å²) in [5.74, 6) is 1.96. The van der Waals surface area contributed by atoms with Crippen LogP contribution < -0.4 is 0 Å². The summed E-state index contributed by atoms with van der Waals surface area (Å²) >= 11 is 0. The van der Waals surface area contributed by atoms with Crippen molar-refractivity contribution in [3.05, 3.63) is 0 Å². The van der Waals surface area contributed by atoms with Crippen molar-refractivity contribution in [2.75, 3.05) is 0 Å². The van der Waals surface area contributed by atoms with E-state index in [0.29, 0.717) is 5.78 Å². The summed E-state index contributed by atoms with van der Waals surface area (Å²) in [4.78, 5) is 11.3. The predicted molar refractivity (Wildman–Crippen MR) is 51.0 cm³/mol. The molecule has 0 bridgehead atoms. The molecule has 0 aromatic rings. The first-order valence-electron chi connectivity index (χ1n) is 5.03. The molecule has 12 heavy (non-hydrogen) atoms. The molecule has 0 radical (unpaired) electrons. The van der Waals surface area contributed by atoms with E-state index < -0.39 is 0 Å². The normalized spacial score (nSPS) is 34.9. The summed E-state index contributed by atoms with van der Waals surface area (Å²) in [5, 5.41) is 0. The quantitative estimate of drug-likeness (QED) is 0.633. The van der Waals surface area contributed by atoms with E-state index in [-0.39, 0.29) is 5.41 Å². The zero-order valence-corrected chi connectivity index (χ0v) is 8.68. The van der Waals surface area contributed by atoms with Gasteiger partial charge < -0.3 is 0 Å². The van der Waals surface area contributed by atoms with Crippen LogP contribution in [0, 0.1) is 17.3 Å². The molecule has 0 N–H and O–H groups in total. The van der Waals surface area contributed by atoms with E-state index in [9.17, 15) is 4.79 Å². The van der Waals surface area contributed by atoms with Crippen LogP contribution in [0.2, 0.25) is 0 Å². The topological polar surface area (TPSA) is 17.1 Å². The lowest BCUT2D eigenvalue weighted by molar-refractivity contribution is -0.136. The Kier molecular flexibility index (Phi) is 2.60. The number of carbonyl (C=O) groups excluding carboxylic acids is 1. The van der Waals surface area contributed by atoms with E-state index in [0.717, 1.165) is 31.1 Å². The third-order valence-electron chi connectivity index (χ3n) is 3.67. The van der Waals surface area contributed by atoms with Gasteiger partial charge in [-0.05, 0) is 38.0 Å². The van der Waals surface area contributed by atoms with Crippen LogP contribution in [0.1, 0.15) is 47.0 Å². The Bertz CT molecular complexity index is 175. The Morgan fingerprint density at radius 1 is 1.50 bits per heavy atom. The number of hydrogen-bond donors (Lipinski definition) is 0. The van der Waals surface area contributed by atoms with Gasteiger partial charge in [0.2, 0.25) is 0 Å². The highest BCUT2D eigenvalue weighted by Gasteiger charge is 2.46. The fraction of sp³-hybridized carbons (Fsp3) is 0.909. The second-order valence-electron chi connectivity index (χ2n) is 4.60. The molecule has 0 spiro atoms. The first-order chi connectivity index (χ1) is 5.52. The molecule has 0 atom stereocenters. The van der Waals surface area contributed by atoms with Gasteiger partial charge in [-0.2, -0.15) is 0 Å². The van der Waals surface area contributed by atoms with E-state index in [4.69, 9.17) is 0 Å². The Labute approximate surface area is 75.5 Å². The van der Waals surface area contributed by atoms with E-state index in [1.807, 2.05) is 0 Å². The van der Waals surface area contributed by atoms with Gasteiger partial charge in [0.1, 0.15) is 5.78 Å². The minimum absolute atomic E-state index is 0.0783. The van der Waals surface area contributed by atoms with Crippen molar-refractivity contribution in [1.82, 2.24) is 0 Å². The Morgan fingerprint density at radius 2 is 2.00 bits per heavy atom. The first kappa shape index (κ1) is 9.76. The monoisotopic (exact) mass is 168 g/mol. The van der Waals surface area contributed by atoms with E-state index in [2.05, 4.69) is 20.8 Å². The van der Waals surface area contributed by atoms with Crippen LogP contribution in [0.3, 0.4) is 0 Å². The second-order valence-corrected chi connectivity index (χ2v) is 4.60. The van der Waals surface area contributed by atoms with Crippen molar-refractivity contribution in [3.8, 4) is 0 Å². The van der Waals surface area contributed by atoms with Crippen molar-refractivity contribution in [2.24, 2.45) is 17.3 Å². The van der Waals surface area contributed by atoms with Gasteiger partial charge in [0.25, 0.3) is 0 Å². The zero-order chi connectivity index (χ0) is 9.35. The minimum atomic E-state index is 0.0783. The molecule has 0 unspecified atom stereocenters. The van der Waals surface area contributed by atoms with E-state index in [1.165, 1.54) is 0 Å². The SMILES string of the molecule is CC[C@]1(C(C)=O)C[C@H](C(C)C)C1. The summed E-state index contributed by atoms with van der Waals surface area (Å²) in [5.41, 5.74) is 0.0783. The van der Waals surface area contributed by atoms with Gasteiger partial charge in [-0.3, -0.25) is 4.79 Å². The Balaban J connectivity index is 2.52. The highest BCUT2D eigenvalue weighted by molar-refractivity contribution is 5.83. The third kappa shape index (κ3) is 1.41. The lowest BCUT2D eigenvalue weighted by Crippen LogP contribution is -2.44. The van der Waals surface area contributed by atoms with Gasteiger partial charge in [0.15, 0.2) is 0 Å². The van der Waals surface area contributed by atoms with Crippen molar-refractivity contribution in [3.63, 3.8) is 0 Å². The molecule has 0 amide bonds. The summed E-state index contributed by atoms with van der Waals surface area (Å²) in [7, 11) is 0. The first-order valence-corrected chi connectivity index (χ1v) is 5.03. The fourth-order valence-electron chi connectivity index (χ4n) is 2.24. The Morgan fingerprint density at radius 3 is 2.25 bits per heavy atom. The van der Waals surface area contributed by atoms with Gasteiger partial charge in [-0.15, -0.1) is 0 Å². The lowest BCUT2D eigenvalue weighted by atomic mass is 9.56. The molecule has 0 aromatic heterocycles. The van der Waals surface area contributed by atoms with Crippen molar-refractivity contribution in [1.29, 1.82) is 0 Å². The molecule has 70 valence electrons. The number of Topliss-reactive ketones (excluding diaryl/α,β-unsaturated/α-hetero) is 1. The molecule has 1 rings (SSSR count). The molecule has 1 fully saturated rings. The molecule has 0 aromatic carbocycles. The summed E-state index contributed by atoms with van der Waals surface area (Å²) < 4.78 is 0. The lowest BCUT2D eigenvalue weighted by Gasteiger charge is -2.47. The molecule has 1 aliphatic carbocycles. The number of hydrogen-bond acceptors (Lipinski definition) is 1. The van der Waals surface area contributed by atoms with Gasteiger partial charge in [0, 0.05) is 5.41 Å². The predicted octanol–water partition coefficient (Wildman–Crippen LogP) is 3.04. The van der Waals surface area contributed by atoms with Crippen LogP contribution in [-0.4, -0.2) is 5.78 Å². The molecule has 0 aliphatic heterocycles. The highest BCUT2D eigenvalue weighted by atomic mass is 16.1. The van der Waals surface area contributed by atoms with Crippen LogP contribution in [0.15, 0.2) is 0 Å². The second kappa shape index (κ2) is 3.20. The van der Waals surface area contributed by atoms with Crippen LogP contribution in [-0.2, 0) is 4.79 Å². The van der Waals surface area contributed by atoms with Gasteiger partial charge >= 0.3 is 0 Å². The molecular weight excluding hydrogens is 148 g/mol. The number of rotatable bonds is 3. The maximum atomic E-state index is 11.3. The average Bonchev–Trinajstić information content (AvgIpc) is 1.84. The average molecular weight is 168 g/mol. The maximum Gasteiger partial charge on any atom is 0.135 e. The number of ketones is 1. The standard InChI is InChI=1S/C11H20O/c1-5-11(9(4)12)6-10(7-11)8(2)3/h8,10H,5-7H2,1-4H3/t10-,11-. The van der Waals surface area contributed by atoms with Crippen LogP contribution in [0.25, 0.3) is 0 Å². The van der Waals surface area contributed by atoms with Crippen LogP contribution in [0.4, 0.5) is 0 Å². The summed E-state index contributed by atoms with van der Waals surface area (Å²) in [6.07, 6.45) is 3.30. The van der Waals surface area contributed by atoms with Crippen molar-refractivity contribution >= 4 is 5.78 Å². The van der Waals surface area contributed by atoms with Crippen molar-refractivity contribution in [2.45, 2.75) is 47.0 Å². The molecule has 1 nitrogen and oxygen atoms in total. The van der Waals surface area contributed by atoms with Crippen LogP contribution in [0.5, 0.6) is 0 Å². The fourth-order valence-corrected chi connectivity index (χ4v) is 2.24. The van der Waals surface area contributed by atoms with Crippen LogP contribution >= 0.6 is 0 Å². The highest BCUT2D eigenvalue weighted by Crippen LogP contribution is 2.51. The van der Waals surface area contributed by atoms with E-state index in [1.54, 1.807) is 6.92 Å². The molecular formula is C11H20O. The molecule has 1 saturated carbocycles. The van der Waals surface area contributed by atoms with Gasteiger partial charge in [-0.25, -0.2) is 0 Å². The maximum absolute atomic E-state index is 11.3. The zero-order valence-electron chi connectivity index (χ0n) is 8.68. The summed E-state index contributed by atoms with van der Waals surface area (Å²) in [6.45, 7) is 8.40. The van der Waals surface area contributed by atoms with Gasteiger partial charge in [-0.1, -0.05) is 20.8 Å². The minimum Gasteiger partial charge on any atom is -0.299 e. The molecule has 1 aliphatic rings. The smallest absolute Gasteiger partial charge is 0.135 e. The largest absolute Gasteiger partial charge is 0.299 e. The number of carbonyl (C=O) groups is 1.